The fourth-order valence-electron chi connectivity index (χ4n) is 1.86. The third-order valence-electron chi connectivity index (χ3n) is 2.84. The minimum atomic E-state index is -4.44. The Balaban J connectivity index is 2.05. The summed E-state index contributed by atoms with van der Waals surface area (Å²) in [5.41, 5.74) is 5.12. The Labute approximate surface area is 113 Å². The number of ether oxygens (including phenoxy) is 1. The largest absolute Gasteiger partial charge is 0.463 e. The van der Waals surface area contributed by atoms with Crippen LogP contribution in [0.3, 0.4) is 0 Å². The lowest BCUT2D eigenvalue weighted by Gasteiger charge is -2.11. The number of nitrogens with two attached hydrogens (primary N) is 1. The summed E-state index contributed by atoms with van der Waals surface area (Å²) < 4.78 is 43.0. The standard InChI is InChI=1S/C12H12ClF3N2O/c13-10-4-2-7(5-9(10)12(14,15)16)1-3-8-6-19-11(17)18-8/h2,4-5,8H,1,3,6H2,(H2,17,18)/t8-/m0/s1. The van der Waals surface area contributed by atoms with Crippen LogP contribution in [0.25, 0.3) is 0 Å². The van der Waals surface area contributed by atoms with Crippen LogP contribution < -0.4 is 5.73 Å². The molecule has 1 heterocycles. The molecular formula is C12H12ClF3N2O. The summed E-state index contributed by atoms with van der Waals surface area (Å²) in [5.74, 6) is 0. The van der Waals surface area contributed by atoms with Gasteiger partial charge in [-0.15, -0.1) is 0 Å². The van der Waals surface area contributed by atoms with E-state index in [4.69, 9.17) is 22.1 Å². The highest BCUT2D eigenvalue weighted by Crippen LogP contribution is 2.35. The fourth-order valence-corrected chi connectivity index (χ4v) is 2.09. The second-order valence-corrected chi connectivity index (χ2v) is 4.69. The quantitative estimate of drug-likeness (QED) is 0.931. The van der Waals surface area contributed by atoms with E-state index in [1.165, 1.54) is 6.07 Å². The average molecular weight is 293 g/mol. The van der Waals surface area contributed by atoms with Gasteiger partial charge in [-0.1, -0.05) is 17.7 Å². The summed E-state index contributed by atoms with van der Waals surface area (Å²) in [6.45, 7) is 0.381. The van der Waals surface area contributed by atoms with Crippen molar-refractivity contribution < 1.29 is 17.9 Å². The van der Waals surface area contributed by atoms with E-state index < -0.39 is 11.7 Å². The zero-order chi connectivity index (χ0) is 14.0. The van der Waals surface area contributed by atoms with Crippen molar-refractivity contribution in [3.05, 3.63) is 34.3 Å². The number of nitrogens with zero attached hydrogens (tertiary/aromatic N) is 1. The lowest BCUT2D eigenvalue weighted by atomic mass is 10.0. The topological polar surface area (TPSA) is 47.6 Å². The number of rotatable bonds is 3. The Morgan fingerprint density at radius 1 is 1.42 bits per heavy atom. The lowest BCUT2D eigenvalue weighted by Crippen LogP contribution is -2.10. The number of hydrogen-bond acceptors (Lipinski definition) is 3. The van der Waals surface area contributed by atoms with E-state index in [0.717, 1.165) is 6.07 Å². The molecule has 0 fully saturated rings. The van der Waals surface area contributed by atoms with Crippen LogP contribution in [-0.4, -0.2) is 18.7 Å². The van der Waals surface area contributed by atoms with Gasteiger partial charge in [-0.05, 0) is 30.5 Å². The zero-order valence-electron chi connectivity index (χ0n) is 9.88. The normalized spacial score (nSPS) is 19.2. The molecule has 0 aromatic heterocycles. The fraction of sp³-hybridized carbons (Fsp3) is 0.417. The number of aliphatic imine (C=N–C) groups is 1. The first-order chi connectivity index (χ1) is 8.86. The number of halogens is 4. The molecule has 104 valence electrons. The molecule has 2 rings (SSSR count). The molecule has 0 amide bonds. The molecule has 1 aromatic carbocycles. The van der Waals surface area contributed by atoms with E-state index >= 15 is 0 Å². The molecule has 0 bridgehead atoms. The lowest BCUT2D eigenvalue weighted by molar-refractivity contribution is -0.137. The van der Waals surface area contributed by atoms with Gasteiger partial charge in [0.1, 0.15) is 6.61 Å². The SMILES string of the molecule is NC1=N[C@@H](CCc2ccc(Cl)c(C(F)(F)F)c2)CO1. The van der Waals surface area contributed by atoms with Crippen molar-refractivity contribution in [2.45, 2.75) is 25.1 Å². The van der Waals surface area contributed by atoms with Crippen LogP contribution in [0.2, 0.25) is 5.02 Å². The Morgan fingerprint density at radius 2 is 2.16 bits per heavy atom. The molecule has 7 heteroatoms. The third kappa shape index (κ3) is 3.53. The second kappa shape index (κ2) is 5.28. The van der Waals surface area contributed by atoms with Crippen LogP contribution in [0.1, 0.15) is 17.5 Å². The van der Waals surface area contributed by atoms with Gasteiger partial charge in [0.25, 0.3) is 6.02 Å². The van der Waals surface area contributed by atoms with Gasteiger partial charge in [-0.25, -0.2) is 4.99 Å². The van der Waals surface area contributed by atoms with Crippen molar-refractivity contribution in [2.75, 3.05) is 6.61 Å². The van der Waals surface area contributed by atoms with E-state index in [2.05, 4.69) is 4.99 Å². The van der Waals surface area contributed by atoms with Crippen molar-refractivity contribution in [3.63, 3.8) is 0 Å². The summed E-state index contributed by atoms with van der Waals surface area (Å²) >= 11 is 5.55. The molecular weight excluding hydrogens is 281 g/mol. The predicted octanol–water partition coefficient (Wildman–Crippen LogP) is 3.00. The van der Waals surface area contributed by atoms with Gasteiger partial charge >= 0.3 is 6.18 Å². The highest BCUT2D eigenvalue weighted by atomic mass is 35.5. The van der Waals surface area contributed by atoms with Crippen molar-refractivity contribution in [1.82, 2.24) is 0 Å². The first-order valence-electron chi connectivity index (χ1n) is 5.68. The van der Waals surface area contributed by atoms with Gasteiger partial charge in [0, 0.05) is 0 Å². The van der Waals surface area contributed by atoms with Gasteiger partial charge in [0.05, 0.1) is 16.6 Å². The van der Waals surface area contributed by atoms with Gasteiger partial charge < -0.3 is 10.5 Å². The zero-order valence-corrected chi connectivity index (χ0v) is 10.6. The molecule has 1 atom stereocenters. The molecule has 1 aliphatic heterocycles. The van der Waals surface area contributed by atoms with Crippen LogP contribution in [-0.2, 0) is 17.3 Å². The summed E-state index contributed by atoms with van der Waals surface area (Å²) in [5, 5.41) is -0.289. The Morgan fingerprint density at radius 3 is 2.74 bits per heavy atom. The number of amidine groups is 1. The van der Waals surface area contributed by atoms with Gasteiger partial charge in [0.15, 0.2) is 0 Å². The maximum atomic E-state index is 12.7. The molecule has 0 saturated heterocycles. The summed E-state index contributed by atoms with van der Waals surface area (Å²) in [6, 6.07) is 3.97. The average Bonchev–Trinajstić information content (AvgIpc) is 2.72. The Bertz CT molecular complexity index is 502. The first kappa shape index (κ1) is 14.0. The molecule has 0 unspecified atom stereocenters. The van der Waals surface area contributed by atoms with Crippen molar-refractivity contribution in [1.29, 1.82) is 0 Å². The Kier molecular flexibility index (Phi) is 3.89. The molecule has 0 saturated carbocycles. The molecule has 0 spiro atoms. The summed E-state index contributed by atoms with van der Waals surface area (Å²) in [7, 11) is 0. The minimum Gasteiger partial charge on any atom is -0.463 e. The highest BCUT2D eigenvalue weighted by molar-refractivity contribution is 6.31. The maximum absolute atomic E-state index is 12.7. The van der Waals surface area contributed by atoms with Crippen LogP contribution in [0.15, 0.2) is 23.2 Å². The second-order valence-electron chi connectivity index (χ2n) is 4.28. The first-order valence-corrected chi connectivity index (χ1v) is 6.06. The van der Waals surface area contributed by atoms with E-state index in [9.17, 15) is 13.2 Å². The maximum Gasteiger partial charge on any atom is 0.417 e. The van der Waals surface area contributed by atoms with E-state index in [-0.39, 0.29) is 17.1 Å². The minimum absolute atomic E-state index is 0.0926. The monoisotopic (exact) mass is 292 g/mol. The van der Waals surface area contributed by atoms with E-state index in [0.29, 0.717) is 25.0 Å². The van der Waals surface area contributed by atoms with Crippen LogP contribution in [0, 0.1) is 0 Å². The van der Waals surface area contributed by atoms with Crippen LogP contribution in [0.4, 0.5) is 13.2 Å². The van der Waals surface area contributed by atoms with Gasteiger partial charge in [-0.3, -0.25) is 0 Å². The van der Waals surface area contributed by atoms with E-state index in [1.54, 1.807) is 6.07 Å². The molecule has 0 aliphatic carbocycles. The number of benzene rings is 1. The molecule has 3 nitrogen and oxygen atoms in total. The van der Waals surface area contributed by atoms with E-state index in [1.807, 2.05) is 0 Å². The van der Waals surface area contributed by atoms with Crippen molar-refractivity contribution in [3.8, 4) is 0 Å². The molecule has 1 aromatic rings. The summed E-state index contributed by atoms with van der Waals surface area (Å²) in [4.78, 5) is 4.02. The predicted molar refractivity (Wildman–Crippen MR) is 66.1 cm³/mol. The van der Waals surface area contributed by atoms with Crippen LogP contribution in [0.5, 0.6) is 0 Å². The van der Waals surface area contributed by atoms with Gasteiger partial charge in [0.2, 0.25) is 0 Å². The van der Waals surface area contributed by atoms with Crippen LogP contribution >= 0.6 is 11.6 Å². The number of aryl methyl sites for hydroxylation is 1. The third-order valence-corrected chi connectivity index (χ3v) is 3.17. The number of alkyl halides is 3. The molecule has 2 N–H and O–H groups in total. The highest BCUT2D eigenvalue weighted by Gasteiger charge is 2.33. The molecule has 0 radical (unpaired) electrons. The van der Waals surface area contributed by atoms with Crippen molar-refractivity contribution in [2.24, 2.45) is 10.7 Å². The van der Waals surface area contributed by atoms with Gasteiger partial charge in [-0.2, -0.15) is 13.2 Å². The summed E-state index contributed by atoms with van der Waals surface area (Å²) in [6.07, 6.45) is -3.39. The Hall–Kier alpha value is -1.43. The number of hydrogen-bond donors (Lipinski definition) is 1. The smallest absolute Gasteiger partial charge is 0.417 e. The molecule has 19 heavy (non-hydrogen) atoms. The molecule has 1 aliphatic rings. The van der Waals surface area contributed by atoms with Crippen molar-refractivity contribution >= 4 is 17.6 Å².